The number of nitrogens with zero attached hydrogens (tertiary/aromatic N) is 1. The van der Waals surface area contributed by atoms with E-state index in [-0.39, 0.29) is 6.42 Å². The number of hydrogen-bond acceptors (Lipinski definition) is 4. The molecule has 4 nitrogen and oxygen atoms in total. The first-order chi connectivity index (χ1) is 9.67. The summed E-state index contributed by atoms with van der Waals surface area (Å²) < 4.78 is 5.08. The zero-order valence-electron chi connectivity index (χ0n) is 11.1. The van der Waals surface area contributed by atoms with E-state index >= 15 is 0 Å². The smallest absolute Gasteiger partial charge is 0.118 e. The van der Waals surface area contributed by atoms with E-state index in [1.165, 1.54) is 0 Å². The Labute approximate surface area is 117 Å². The second-order valence-corrected chi connectivity index (χ2v) is 4.25. The van der Waals surface area contributed by atoms with Gasteiger partial charge in [-0.25, -0.2) is 0 Å². The Morgan fingerprint density at radius 2 is 1.80 bits per heavy atom. The van der Waals surface area contributed by atoms with Crippen molar-refractivity contribution in [1.82, 2.24) is 0 Å². The van der Waals surface area contributed by atoms with E-state index in [9.17, 15) is 9.90 Å². The number of ether oxygens (including phenoxy) is 1. The van der Waals surface area contributed by atoms with Crippen LogP contribution in [0.3, 0.4) is 0 Å². The lowest BCUT2D eigenvalue weighted by atomic mass is 10.1. The topological polar surface area (TPSA) is 61.7 Å². The number of aliphatic carboxylic acids is 1. The molecule has 0 aliphatic carbocycles. The third kappa shape index (κ3) is 3.95. The summed E-state index contributed by atoms with van der Waals surface area (Å²) in [5.74, 6) is -0.284. The van der Waals surface area contributed by atoms with E-state index in [1.54, 1.807) is 37.6 Å². The number of carbonyl (C=O) groups excluding carboxylic acids is 1. The summed E-state index contributed by atoms with van der Waals surface area (Å²) in [4.78, 5) is 14.8. The van der Waals surface area contributed by atoms with Crippen molar-refractivity contribution in [2.45, 2.75) is 6.42 Å². The fourth-order valence-corrected chi connectivity index (χ4v) is 1.71. The van der Waals surface area contributed by atoms with Crippen LogP contribution >= 0.6 is 0 Å². The molecule has 0 amide bonds. The Bertz CT molecular complexity index is 601. The predicted molar refractivity (Wildman–Crippen MR) is 75.4 cm³/mol. The molecule has 0 atom stereocenters. The molecule has 4 heteroatoms. The Balaban J connectivity index is 2.04. The number of methoxy groups -OCH3 is 1. The van der Waals surface area contributed by atoms with Gasteiger partial charge in [0.2, 0.25) is 0 Å². The highest BCUT2D eigenvalue weighted by Gasteiger charge is 1.95. The van der Waals surface area contributed by atoms with Crippen molar-refractivity contribution in [3.8, 4) is 5.75 Å². The quantitative estimate of drug-likeness (QED) is 0.776. The minimum Gasteiger partial charge on any atom is -0.550 e. The molecular weight excluding hydrogens is 254 g/mol. The van der Waals surface area contributed by atoms with Crippen molar-refractivity contribution in [2.75, 3.05) is 7.11 Å². The van der Waals surface area contributed by atoms with Gasteiger partial charge in [0.05, 0.1) is 12.8 Å². The second kappa shape index (κ2) is 6.52. The molecule has 0 radical (unpaired) electrons. The van der Waals surface area contributed by atoms with Gasteiger partial charge in [0.15, 0.2) is 0 Å². The third-order valence-electron chi connectivity index (χ3n) is 2.76. The Kier molecular flexibility index (Phi) is 4.50. The van der Waals surface area contributed by atoms with E-state index in [0.717, 1.165) is 17.0 Å². The van der Waals surface area contributed by atoms with Gasteiger partial charge in [-0.2, -0.15) is 0 Å². The number of carboxylic acid groups (broad SMARTS) is 1. The van der Waals surface area contributed by atoms with E-state index in [0.29, 0.717) is 5.56 Å². The van der Waals surface area contributed by atoms with Crippen LogP contribution in [-0.2, 0) is 11.2 Å². The molecule has 0 heterocycles. The fourth-order valence-electron chi connectivity index (χ4n) is 1.71. The van der Waals surface area contributed by atoms with Crippen LogP contribution in [0.15, 0.2) is 53.5 Å². The summed E-state index contributed by atoms with van der Waals surface area (Å²) in [7, 11) is 1.62. The fraction of sp³-hybridized carbons (Fsp3) is 0.125. The molecule has 20 heavy (non-hydrogen) atoms. The molecule has 0 unspecified atom stereocenters. The van der Waals surface area contributed by atoms with Gasteiger partial charge < -0.3 is 14.6 Å². The summed E-state index contributed by atoms with van der Waals surface area (Å²) in [6.45, 7) is 0. The van der Waals surface area contributed by atoms with Crippen LogP contribution in [0.1, 0.15) is 11.1 Å². The first-order valence-corrected chi connectivity index (χ1v) is 6.14. The second-order valence-electron chi connectivity index (χ2n) is 4.25. The highest BCUT2D eigenvalue weighted by molar-refractivity contribution is 5.82. The Hall–Kier alpha value is -2.62. The minimum absolute atomic E-state index is 0.0809. The maximum atomic E-state index is 10.5. The maximum Gasteiger partial charge on any atom is 0.118 e. The number of hydrogen-bond donors (Lipinski definition) is 0. The monoisotopic (exact) mass is 268 g/mol. The SMILES string of the molecule is COc1ccc(C=Nc2ccc(CC(=O)[O-])cc2)cc1. The van der Waals surface area contributed by atoms with Crippen LogP contribution in [-0.4, -0.2) is 19.3 Å². The molecule has 2 aromatic carbocycles. The van der Waals surface area contributed by atoms with Gasteiger partial charge in [0, 0.05) is 18.6 Å². The lowest BCUT2D eigenvalue weighted by molar-refractivity contribution is -0.304. The van der Waals surface area contributed by atoms with Crippen LogP contribution in [0, 0.1) is 0 Å². The van der Waals surface area contributed by atoms with Crippen molar-refractivity contribution in [3.63, 3.8) is 0 Å². The largest absolute Gasteiger partial charge is 0.550 e. The van der Waals surface area contributed by atoms with Gasteiger partial charge in [0.25, 0.3) is 0 Å². The summed E-state index contributed by atoms with van der Waals surface area (Å²) in [6.07, 6.45) is 1.66. The number of carboxylic acids is 1. The lowest BCUT2D eigenvalue weighted by Gasteiger charge is -2.02. The van der Waals surface area contributed by atoms with Gasteiger partial charge in [-0.1, -0.05) is 12.1 Å². The third-order valence-corrected chi connectivity index (χ3v) is 2.76. The number of rotatable bonds is 5. The van der Waals surface area contributed by atoms with Crippen molar-refractivity contribution >= 4 is 17.9 Å². The van der Waals surface area contributed by atoms with E-state index in [1.807, 2.05) is 24.3 Å². The first kappa shape index (κ1) is 13.8. The van der Waals surface area contributed by atoms with E-state index in [2.05, 4.69) is 4.99 Å². The number of carbonyl (C=O) groups is 1. The molecule has 2 rings (SSSR count). The van der Waals surface area contributed by atoms with Crippen molar-refractivity contribution < 1.29 is 14.6 Å². The maximum absolute atomic E-state index is 10.5. The highest BCUT2D eigenvalue weighted by Crippen LogP contribution is 2.14. The average Bonchev–Trinajstić information content (AvgIpc) is 2.46. The van der Waals surface area contributed by atoms with Crippen molar-refractivity contribution in [3.05, 3.63) is 59.7 Å². The molecule has 0 saturated heterocycles. The van der Waals surface area contributed by atoms with E-state index < -0.39 is 5.97 Å². The molecule has 0 spiro atoms. The molecule has 2 aromatic rings. The van der Waals surface area contributed by atoms with Crippen LogP contribution in [0.5, 0.6) is 5.75 Å². The van der Waals surface area contributed by atoms with E-state index in [4.69, 9.17) is 4.74 Å². The molecule has 102 valence electrons. The van der Waals surface area contributed by atoms with Gasteiger partial charge in [0.1, 0.15) is 5.75 Å². The van der Waals surface area contributed by atoms with Crippen LogP contribution in [0.2, 0.25) is 0 Å². The van der Waals surface area contributed by atoms with Crippen LogP contribution in [0.4, 0.5) is 5.69 Å². The summed E-state index contributed by atoms with van der Waals surface area (Å²) in [5.41, 5.74) is 2.43. The van der Waals surface area contributed by atoms with Crippen LogP contribution in [0.25, 0.3) is 0 Å². The standard InChI is InChI=1S/C16H15NO3/c1-20-15-8-4-13(5-9-15)11-17-14-6-2-12(3-7-14)10-16(18)19/h2-9,11H,10H2,1H3,(H,18,19)/p-1. The van der Waals surface area contributed by atoms with Gasteiger partial charge in [-0.3, -0.25) is 4.99 Å². The van der Waals surface area contributed by atoms with Crippen molar-refractivity contribution in [1.29, 1.82) is 0 Å². The van der Waals surface area contributed by atoms with Crippen molar-refractivity contribution in [2.24, 2.45) is 4.99 Å². The molecule has 0 fully saturated rings. The number of aliphatic imine (C=N–C) groups is 1. The molecule has 0 bridgehead atoms. The zero-order valence-corrected chi connectivity index (χ0v) is 11.1. The van der Waals surface area contributed by atoms with Gasteiger partial charge >= 0.3 is 0 Å². The van der Waals surface area contributed by atoms with Gasteiger partial charge in [-0.05, 0) is 47.5 Å². The molecule has 0 aromatic heterocycles. The molecule has 0 aliphatic heterocycles. The van der Waals surface area contributed by atoms with Crippen LogP contribution < -0.4 is 9.84 Å². The summed E-state index contributed by atoms with van der Waals surface area (Å²) in [5, 5.41) is 10.5. The lowest BCUT2D eigenvalue weighted by Crippen LogP contribution is -2.24. The Morgan fingerprint density at radius 1 is 1.15 bits per heavy atom. The highest BCUT2D eigenvalue weighted by atomic mass is 16.5. The zero-order chi connectivity index (χ0) is 14.4. The molecule has 0 aliphatic rings. The predicted octanol–water partition coefficient (Wildman–Crippen LogP) is 1.74. The first-order valence-electron chi connectivity index (χ1n) is 6.14. The summed E-state index contributed by atoms with van der Waals surface area (Å²) >= 11 is 0. The molecule has 0 saturated carbocycles. The minimum atomic E-state index is -1.08. The van der Waals surface area contributed by atoms with Gasteiger partial charge in [-0.15, -0.1) is 0 Å². The molecular formula is C16H14NO3-. The summed E-state index contributed by atoms with van der Waals surface area (Å²) in [6, 6.07) is 14.6. The normalized spacial score (nSPS) is 10.7. The average molecular weight is 268 g/mol. The molecule has 0 N–H and O–H groups in total. The Morgan fingerprint density at radius 3 is 2.35 bits per heavy atom. The number of benzene rings is 2.